The molecular weight excluding hydrogens is 543 g/mol. The fourth-order valence-corrected chi connectivity index (χ4v) is 7.40. The summed E-state index contributed by atoms with van der Waals surface area (Å²) in [6.45, 7) is 4.64. The van der Waals surface area contributed by atoms with Crippen molar-refractivity contribution in [1.82, 2.24) is 19.8 Å². The first-order chi connectivity index (χ1) is 20.9. The Morgan fingerprint density at radius 1 is 1.05 bits per heavy atom. The van der Waals surface area contributed by atoms with Gasteiger partial charge < -0.3 is 19.4 Å². The van der Waals surface area contributed by atoms with Gasteiger partial charge >= 0.3 is 6.01 Å². The van der Waals surface area contributed by atoms with Gasteiger partial charge in [0.25, 0.3) is 0 Å². The van der Waals surface area contributed by atoms with E-state index in [2.05, 4.69) is 21.8 Å². The molecule has 3 fully saturated rings. The molecule has 0 spiro atoms. The summed E-state index contributed by atoms with van der Waals surface area (Å²) >= 11 is 0. The maximum absolute atomic E-state index is 16.7. The third kappa shape index (κ3) is 4.84. The van der Waals surface area contributed by atoms with Gasteiger partial charge in [0.1, 0.15) is 24.4 Å². The summed E-state index contributed by atoms with van der Waals surface area (Å²) in [6, 6.07) is 18.3. The molecule has 4 aromatic rings. The maximum Gasteiger partial charge on any atom is 0.319 e. The van der Waals surface area contributed by atoms with Gasteiger partial charge in [0.15, 0.2) is 5.82 Å². The Morgan fingerprint density at radius 3 is 2.53 bits per heavy atom. The maximum atomic E-state index is 16.7. The molecule has 3 aliphatic heterocycles. The summed E-state index contributed by atoms with van der Waals surface area (Å²) < 4.78 is 22.9. The van der Waals surface area contributed by atoms with Crippen LogP contribution < -0.4 is 9.64 Å². The number of aromatic nitrogens is 2. The number of ether oxygens (including phenoxy) is 1. The number of anilines is 1. The monoisotopic (exact) mass is 578 g/mol. The number of nitriles is 1. The van der Waals surface area contributed by atoms with Crippen LogP contribution in [0.25, 0.3) is 32.8 Å². The van der Waals surface area contributed by atoms with Gasteiger partial charge in [-0.1, -0.05) is 42.5 Å². The third-order valence-electron chi connectivity index (χ3n) is 9.55. The highest BCUT2D eigenvalue weighted by atomic mass is 19.1. The zero-order valence-corrected chi connectivity index (χ0v) is 24.6. The van der Waals surface area contributed by atoms with Crippen LogP contribution >= 0.6 is 0 Å². The van der Waals surface area contributed by atoms with Gasteiger partial charge in [-0.15, -0.1) is 0 Å². The number of likely N-dealkylation sites (N-methyl/N-ethyl adjacent to an activating group) is 1. The van der Waals surface area contributed by atoms with E-state index < -0.39 is 5.82 Å². The minimum absolute atomic E-state index is 0.0103. The van der Waals surface area contributed by atoms with Gasteiger partial charge in [-0.25, -0.2) is 4.39 Å². The lowest BCUT2D eigenvalue weighted by atomic mass is 9.94. The predicted molar refractivity (Wildman–Crippen MR) is 164 cm³/mol. The van der Waals surface area contributed by atoms with Crippen LogP contribution in [0, 0.1) is 24.1 Å². The van der Waals surface area contributed by atoms with E-state index in [4.69, 9.17) is 15.0 Å². The molecule has 3 aromatic carbocycles. The summed E-state index contributed by atoms with van der Waals surface area (Å²) in [4.78, 5) is 28.6. The second-order valence-electron chi connectivity index (χ2n) is 12.1. The molecule has 0 saturated carbocycles. The third-order valence-corrected chi connectivity index (χ3v) is 9.55. The van der Waals surface area contributed by atoms with Gasteiger partial charge in [0.05, 0.1) is 6.07 Å². The largest absolute Gasteiger partial charge is 0.462 e. The predicted octanol–water partition coefficient (Wildman–Crippen LogP) is 5.46. The van der Waals surface area contributed by atoms with Crippen molar-refractivity contribution < 1.29 is 13.9 Å². The van der Waals surface area contributed by atoms with Gasteiger partial charge in [-0.3, -0.25) is 4.79 Å². The number of amides is 1. The molecule has 0 aliphatic carbocycles. The van der Waals surface area contributed by atoms with Gasteiger partial charge in [0, 0.05) is 42.2 Å². The number of halogens is 1. The summed E-state index contributed by atoms with van der Waals surface area (Å²) in [6.07, 6.45) is 3.79. The van der Waals surface area contributed by atoms with E-state index in [1.165, 1.54) is 0 Å². The molecule has 2 bridgehead atoms. The molecule has 3 unspecified atom stereocenters. The Kier molecular flexibility index (Phi) is 7.10. The molecule has 7 rings (SSSR count). The molecule has 0 radical (unpaired) electrons. The topological polar surface area (TPSA) is 85.6 Å². The average Bonchev–Trinajstić information content (AvgIpc) is 3.54. The molecule has 1 aromatic heterocycles. The Morgan fingerprint density at radius 2 is 1.81 bits per heavy atom. The standard InChI is InChI=1S/C34H35FN6O2/c1-21-6-3-7-22-8-4-10-26(30(21)22)27-13-14-28-32(31(27)35)37-34(43-20-25-9-5-17-39(25)2)38-33(28)40-18-23-11-12-24(19-40)41(23)29(42)15-16-36/h3-4,6-8,10,13-14,23-25H,5,9,11-12,15,17-20H2,1-2H3. The summed E-state index contributed by atoms with van der Waals surface area (Å²) in [5.74, 6) is 0.113. The van der Waals surface area contributed by atoms with Crippen LogP contribution in [0.15, 0.2) is 48.5 Å². The molecule has 0 N–H and O–H groups in total. The van der Waals surface area contributed by atoms with Crippen molar-refractivity contribution in [1.29, 1.82) is 5.26 Å². The van der Waals surface area contributed by atoms with Crippen molar-refractivity contribution in [3.8, 4) is 23.2 Å². The van der Waals surface area contributed by atoms with Crippen LogP contribution in [0.2, 0.25) is 0 Å². The van der Waals surface area contributed by atoms with Crippen LogP contribution in [0.4, 0.5) is 10.2 Å². The molecule has 43 heavy (non-hydrogen) atoms. The molecule has 220 valence electrons. The molecule has 3 aliphatic rings. The van der Waals surface area contributed by atoms with Crippen molar-refractivity contribution in [2.75, 3.05) is 38.2 Å². The van der Waals surface area contributed by atoms with E-state index >= 15 is 4.39 Å². The SMILES string of the molecule is Cc1cccc2cccc(-c3ccc4c(N5CC6CCC(C5)N6C(=O)CC#N)nc(OCC5CCCN5C)nc4c3F)c12. The van der Waals surface area contributed by atoms with Gasteiger partial charge in [0.2, 0.25) is 5.91 Å². The van der Waals surface area contributed by atoms with E-state index in [9.17, 15) is 4.79 Å². The number of nitrogens with zero attached hydrogens (tertiary/aromatic N) is 6. The van der Waals surface area contributed by atoms with Gasteiger partial charge in [-0.05, 0) is 74.2 Å². The second kappa shape index (κ2) is 11.1. The zero-order valence-electron chi connectivity index (χ0n) is 24.6. The normalized spacial score (nSPS) is 22.0. The molecule has 8 nitrogen and oxygen atoms in total. The fraction of sp³-hybridized carbons (Fsp3) is 0.412. The van der Waals surface area contributed by atoms with E-state index in [1.807, 2.05) is 66.4 Å². The highest BCUT2D eigenvalue weighted by Crippen LogP contribution is 2.39. The number of piperazine rings is 1. The van der Waals surface area contributed by atoms with Crippen LogP contribution in [0.1, 0.15) is 37.7 Å². The lowest BCUT2D eigenvalue weighted by Crippen LogP contribution is -2.56. The minimum Gasteiger partial charge on any atom is -0.462 e. The number of fused-ring (bicyclic) bond motifs is 4. The molecule has 4 heterocycles. The van der Waals surface area contributed by atoms with Crippen molar-refractivity contribution >= 4 is 33.4 Å². The smallest absolute Gasteiger partial charge is 0.319 e. The number of likely N-dealkylation sites (tertiary alicyclic amines) is 1. The molecule has 9 heteroatoms. The van der Waals surface area contributed by atoms with Crippen LogP contribution in [0.5, 0.6) is 6.01 Å². The number of rotatable bonds is 6. The number of hydrogen-bond donors (Lipinski definition) is 0. The number of hydrogen-bond acceptors (Lipinski definition) is 7. The van der Waals surface area contributed by atoms with E-state index in [1.54, 1.807) is 0 Å². The highest BCUT2D eigenvalue weighted by Gasteiger charge is 2.43. The number of aryl methyl sites for hydroxylation is 1. The first kappa shape index (κ1) is 27.5. The first-order valence-electron chi connectivity index (χ1n) is 15.2. The van der Waals surface area contributed by atoms with Crippen molar-refractivity contribution in [2.45, 2.75) is 57.2 Å². The van der Waals surface area contributed by atoms with Crippen LogP contribution in [-0.2, 0) is 4.79 Å². The van der Waals surface area contributed by atoms with Crippen molar-refractivity contribution in [3.05, 3.63) is 59.9 Å². The second-order valence-corrected chi connectivity index (χ2v) is 12.1. The Bertz CT molecular complexity index is 1750. The quantitative estimate of drug-likeness (QED) is 0.300. The first-order valence-corrected chi connectivity index (χ1v) is 15.2. The Labute approximate surface area is 250 Å². The Balaban J connectivity index is 1.32. The van der Waals surface area contributed by atoms with Crippen LogP contribution in [0.3, 0.4) is 0 Å². The average molecular weight is 579 g/mol. The molecule has 1 amide bonds. The van der Waals surface area contributed by atoms with Gasteiger partial charge in [-0.2, -0.15) is 15.2 Å². The molecule has 3 saturated heterocycles. The number of benzene rings is 3. The van der Waals surface area contributed by atoms with E-state index in [0.29, 0.717) is 36.5 Å². The van der Waals surface area contributed by atoms with Crippen molar-refractivity contribution in [2.24, 2.45) is 0 Å². The lowest BCUT2D eigenvalue weighted by Gasteiger charge is -2.41. The summed E-state index contributed by atoms with van der Waals surface area (Å²) in [5, 5.41) is 11.8. The molecular formula is C34H35FN6O2. The highest BCUT2D eigenvalue weighted by molar-refractivity contribution is 6.02. The number of carbonyl (C=O) groups excluding carboxylic acids is 1. The van der Waals surface area contributed by atoms with Crippen molar-refractivity contribution in [3.63, 3.8) is 0 Å². The van der Waals surface area contributed by atoms with E-state index in [-0.39, 0.29) is 42.0 Å². The van der Waals surface area contributed by atoms with E-state index in [0.717, 1.165) is 54.1 Å². The lowest BCUT2D eigenvalue weighted by molar-refractivity contribution is -0.133. The minimum atomic E-state index is -0.398. The fourth-order valence-electron chi connectivity index (χ4n) is 7.40. The summed E-state index contributed by atoms with van der Waals surface area (Å²) in [7, 11) is 2.09. The number of carbonyl (C=O) groups is 1. The summed E-state index contributed by atoms with van der Waals surface area (Å²) in [5.41, 5.74) is 2.64. The molecule has 3 atom stereocenters. The van der Waals surface area contributed by atoms with Crippen LogP contribution in [-0.4, -0.2) is 77.1 Å². The zero-order chi connectivity index (χ0) is 29.7. The Hall–Kier alpha value is -4.29.